The highest BCUT2D eigenvalue weighted by molar-refractivity contribution is 6.06. The summed E-state index contributed by atoms with van der Waals surface area (Å²) in [5, 5.41) is 4.89. The van der Waals surface area contributed by atoms with Crippen LogP contribution in [-0.4, -0.2) is 0 Å². The molecule has 1 aliphatic heterocycles. The van der Waals surface area contributed by atoms with Crippen molar-refractivity contribution in [2.75, 3.05) is 0 Å². The number of ether oxygens (including phenoxy) is 1. The predicted octanol–water partition coefficient (Wildman–Crippen LogP) is 13.5. The first-order valence-electron chi connectivity index (χ1n) is 18.9. The summed E-state index contributed by atoms with van der Waals surface area (Å²) in [5.74, 6) is 1.85. The fraction of sp³-hybridized carbons (Fsp3) is 0.0566. The summed E-state index contributed by atoms with van der Waals surface area (Å²) in [5.41, 5.74) is 15.8. The zero-order chi connectivity index (χ0) is 35.6. The lowest BCUT2D eigenvalue weighted by Gasteiger charge is -2.40. The number of hydrogen-bond acceptors (Lipinski definition) is 1. The van der Waals surface area contributed by atoms with E-state index in [4.69, 9.17) is 4.74 Å². The van der Waals surface area contributed by atoms with Crippen LogP contribution in [0.2, 0.25) is 0 Å². The Labute approximate surface area is 314 Å². The van der Waals surface area contributed by atoms with Crippen molar-refractivity contribution in [1.82, 2.24) is 0 Å². The number of benzene rings is 9. The smallest absolute Gasteiger partial charge is 0.140 e. The van der Waals surface area contributed by atoms with Gasteiger partial charge in [0.2, 0.25) is 0 Å². The van der Waals surface area contributed by atoms with Gasteiger partial charge in [0, 0.05) is 21.9 Å². The molecule has 9 aromatic carbocycles. The molecule has 0 radical (unpaired) electrons. The third-order valence-electron chi connectivity index (χ3n) is 12.8. The van der Waals surface area contributed by atoms with Gasteiger partial charge >= 0.3 is 0 Å². The Morgan fingerprint density at radius 3 is 1.80 bits per heavy atom. The van der Waals surface area contributed by atoms with E-state index in [1.807, 2.05) is 0 Å². The van der Waals surface area contributed by atoms with Gasteiger partial charge in [0.15, 0.2) is 0 Å². The summed E-state index contributed by atoms with van der Waals surface area (Å²) >= 11 is 0. The summed E-state index contributed by atoms with van der Waals surface area (Å²) in [7, 11) is 0. The number of hydrogen-bond donors (Lipinski definition) is 0. The van der Waals surface area contributed by atoms with Gasteiger partial charge in [-0.05, 0) is 102 Å². The molecular formula is C53H34O. The summed E-state index contributed by atoms with van der Waals surface area (Å²) < 4.78 is 7.05. The van der Waals surface area contributed by atoms with Gasteiger partial charge in [-0.3, -0.25) is 0 Å². The average Bonchev–Trinajstić information content (AvgIpc) is 3.68. The Hall–Kier alpha value is -6.70. The van der Waals surface area contributed by atoms with Crippen LogP contribution in [-0.2, 0) is 10.8 Å². The third-order valence-corrected chi connectivity index (χ3v) is 12.8. The Morgan fingerprint density at radius 2 is 1.02 bits per heavy atom. The van der Waals surface area contributed by atoms with Crippen molar-refractivity contribution in [2.24, 2.45) is 0 Å². The SMILES string of the molecule is CC1(c2ccccc2)c2cc(-c3cc4c(c5ccccc35)Oc3ccccc3C43c4ccccc4-c4ccccc43)ccc2-c2c1ccc1ccccc21. The second-order valence-electron chi connectivity index (χ2n) is 15.2. The van der Waals surface area contributed by atoms with Gasteiger partial charge in [-0.15, -0.1) is 0 Å². The van der Waals surface area contributed by atoms with Crippen LogP contribution in [0.1, 0.15) is 45.9 Å². The van der Waals surface area contributed by atoms with Gasteiger partial charge in [-0.25, -0.2) is 0 Å². The predicted molar refractivity (Wildman–Crippen MR) is 222 cm³/mol. The van der Waals surface area contributed by atoms with Gasteiger partial charge < -0.3 is 4.74 Å². The van der Waals surface area contributed by atoms with Crippen LogP contribution >= 0.6 is 0 Å². The highest BCUT2D eigenvalue weighted by Crippen LogP contribution is 2.64. The lowest BCUT2D eigenvalue weighted by Crippen LogP contribution is -2.32. The molecule has 1 spiro atoms. The van der Waals surface area contributed by atoms with Crippen LogP contribution in [0.3, 0.4) is 0 Å². The molecule has 0 aromatic heterocycles. The van der Waals surface area contributed by atoms with Crippen molar-refractivity contribution >= 4 is 21.5 Å². The molecule has 9 aromatic rings. The number of para-hydroxylation sites is 1. The molecule has 252 valence electrons. The van der Waals surface area contributed by atoms with Crippen molar-refractivity contribution < 1.29 is 4.74 Å². The first kappa shape index (κ1) is 29.8. The first-order valence-corrected chi connectivity index (χ1v) is 18.9. The van der Waals surface area contributed by atoms with E-state index in [-0.39, 0.29) is 5.41 Å². The van der Waals surface area contributed by atoms with Gasteiger partial charge in [0.05, 0.1) is 5.41 Å². The van der Waals surface area contributed by atoms with Crippen LogP contribution in [0.4, 0.5) is 0 Å². The molecule has 3 aliphatic rings. The molecule has 1 atom stereocenters. The molecule has 0 bridgehead atoms. The molecular weight excluding hydrogens is 653 g/mol. The van der Waals surface area contributed by atoms with Crippen LogP contribution in [0.5, 0.6) is 11.5 Å². The highest BCUT2D eigenvalue weighted by Gasteiger charge is 2.51. The third kappa shape index (κ3) is 3.64. The molecule has 54 heavy (non-hydrogen) atoms. The van der Waals surface area contributed by atoms with Crippen molar-refractivity contribution in [3.63, 3.8) is 0 Å². The lowest BCUT2D eigenvalue weighted by atomic mass is 9.65. The molecule has 1 heterocycles. The highest BCUT2D eigenvalue weighted by atomic mass is 16.5. The average molecular weight is 687 g/mol. The van der Waals surface area contributed by atoms with E-state index in [9.17, 15) is 0 Å². The Balaban J connectivity index is 1.18. The minimum absolute atomic E-state index is 0.331. The normalized spacial score (nSPS) is 16.6. The second-order valence-corrected chi connectivity index (χ2v) is 15.2. The van der Waals surface area contributed by atoms with E-state index < -0.39 is 5.41 Å². The van der Waals surface area contributed by atoms with E-state index in [0.29, 0.717) is 0 Å². The quantitative estimate of drug-likeness (QED) is 0.176. The van der Waals surface area contributed by atoms with Gasteiger partial charge in [0.1, 0.15) is 11.5 Å². The standard InChI is InChI=1S/C53H34O/c1-52(35-16-3-2-4-17-35)46-30-28-33-15-5-6-18-36(33)50(46)41-29-27-34(31-47(41)52)42-32-48-51(40-22-8-7-19-37(40)42)54-49-26-14-13-25-45(49)53(48)43-23-11-9-20-38(43)39-21-10-12-24-44(39)53/h2-32H,1H3. The maximum absolute atomic E-state index is 7.05. The zero-order valence-corrected chi connectivity index (χ0v) is 29.8. The van der Waals surface area contributed by atoms with Crippen LogP contribution in [0.15, 0.2) is 188 Å². The molecule has 2 aliphatic carbocycles. The Morgan fingerprint density at radius 1 is 0.389 bits per heavy atom. The molecule has 0 N–H and O–H groups in total. The minimum Gasteiger partial charge on any atom is -0.456 e. The fourth-order valence-electron chi connectivity index (χ4n) is 10.5. The lowest BCUT2D eigenvalue weighted by molar-refractivity contribution is 0.442. The fourth-order valence-corrected chi connectivity index (χ4v) is 10.5. The van der Waals surface area contributed by atoms with Crippen LogP contribution in [0, 0.1) is 0 Å². The maximum Gasteiger partial charge on any atom is 0.140 e. The summed E-state index contributed by atoms with van der Waals surface area (Å²) in [6.07, 6.45) is 0. The maximum atomic E-state index is 7.05. The molecule has 12 rings (SSSR count). The summed E-state index contributed by atoms with van der Waals surface area (Å²) in [6.45, 7) is 2.42. The molecule has 0 saturated heterocycles. The molecule has 0 fully saturated rings. The molecule has 1 unspecified atom stereocenters. The molecule has 1 heteroatoms. The van der Waals surface area contributed by atoms with E-state index in [1.54, 1.807) is 0 Å². The van der Waals surface area contributed by atoms with Crippen molar-refractivity contribution in [3.05, 3.63) is 227 Å². The second kappa shape index (κ2) is 10.7. The first-order chi connectivity index (χ1) is 26.7. The molecule has 0 saturated carbocycles. The van der Waals surface area contributed by atoms with E-state index in [2.05, 4.69) is 195 Å². The molecule has 0 amide bonds. The summed E-state index contributed by atoms with van der Waals surface area (Å²) in [6, 6.07) is 69.7. The van der Waals surface area contributed by atoms with E-state index >= 15 is 0 Å². The Kier molecular flexibility index (Phi) is 5.90. The largest absolute Gasteiger partial charge is 0.456 e. The van der Waals surface area contributed by atoms with Crippen molar-refractivity contribution in [1.29, 1.82) is 0 Å². The van der Waals surface area contributed by atoms with Gasteiger partial charge in [0.25, 0.3) is 0 Å². The van der Waals surface area contributed by atoms with E-state index in [1.165, 1.54) is 88.5 Å². The van der Waals surface area contributed by atoms with Crippen LogP contribution in [0.25, 0.3) is 54.9 Å². The summed E-state index contributed by atoms with van der Waals surface area (Å²) in [4.78, 5) is 0. The number of fused-ring (bicyclic) bond motifs is 16. The minimum atomic E-state index is -0.541. The monoisotopic (exact) mass is 686 g/mol. The number of rotatable bonds is 2. The molecule has 1 nitrogen and oxygen atoms in total. The van der Waals surface area contributed by atoms with Crippen molar-refractivity contribution in [3.8, 4) is 44.9 Å². The van der Waals surface area contributed by atoms with Gasteiger partial charge in [-0.2, -0.15) is 0 Å². The Bertz CT molecular complexity index is 3000. The van der Waals surface area contributed by atoms with Crippen molar-refractivity contribution in [2.45, 2.75) is 17.8 Å². The van der Waals surface area contributed by atoms with E-state index in [0.717, 1.165) is 16.9 Å². The zero-order valence-electron chi connectivity index (χ0n) is 29.8. The topological polar surface area (TPSA) is 9.23 Å². The van der Waals surface area contributed by atoms with Gasteiger partial charge in [-0.1, -0.05) is 170 Å². The van der Waals surface area contributed by atoms with Crippen LogP contribution < -0.4 is 4.74 Å².